The number of aromatic amines is 1. The van der Waals surface area contributed by atoms with Gasteiger partial charge in [0, 0.05) is 25.3 Å². The van der Waals surface area contributed by atoms with Gasteiger partial charge in [-0.25, -0.2) is 4.68 Å². The Morgan fingerprint density at radius 2 is 2.04 bits per heavy atom. The molecule has 0 radical (unpaired) electrons. The number of hydrogen-bond donors (Lipinski definition) is 2. The number of nitrogens with one attached hydrogen (secondary N) is 1. The van der Waals surface area contributed by atoms with E-state index in [1.165, 1.54) is 5.69 Å². The summed E-state index contributed by atoms with van der Waals surface area (Å²) >= 11 is 0. The third kappa shape index (κ3) is 4.21. The summed E-state index contributed by atoms with van der Waals surface area (Å²) in [5, 5.41) is 25.4. The fourth-order valence-electron chi connectivity index (χ4n) is 3.26. The zero-order valence-electron chi connectivity index (χ0n) is 14.8. The number of piperidine rings is 1. The molecule has 3 rings (SSSR count). The van der Waals surface area contributed by atoms with Gasteiger partial charge in [0.05, 0.1) is 24.0 Å². The van der Waals surface area contributed by atoms with Crippen molar-refractivity contribution >= 4 is 0 Å². The van der Waals surface area contributed by atoms with Gasteiger partial charge in [-0.05, 0) is 38.2 Å². The maximum absolute atomic E-state index is 9.56. The van der Waals surface area contributed by atoms with Gasteiger partial charge in [0.15, 0.2) is 0 Å². The summed E-state index contributed by atoms with van der Waals surface area (Å²) in [6.07, 6.45) is 4.44. The summed E-state index contributed by atoms with van der Waals surface area (Å²) in [5.74, 6) is 0.631. The van der Waals surface area contributed by atoms with Crippen molar-refractivity contribution in [1.29, 1.82) is 0 Å². The summed E-state index contributed by atoms with van der Waals surface area (Å²) < 4.78 is 1.91. The Bertz CT molecular complexity index is 639. The van der Waals surface area contributed by atoms with Crippen LogP contribution in [0.3, 0.4) is 0 Å². The molecule has 7 nitrogen and oxygen atoms in total. The van der Waals surface area contributed by atoms with Gasteiger partial charge >= 0.3 is 0 Å². The Kier molecular flexibility index (Phi) is 5.30. The van der Waals surface area contributed by atoms with E-state index in [1.54, 1.807) is 6.92 Å². The van der Waals surface area contributed by atoms with Gasteiger partial charge in [0.2, 0.25) is 0 Å². The molecule has 2 N–H and O–H groups in total. The van der Waals surface area contributed by atoms with Crippen molar-refractivity contribution in [1.82, 2.24) is 30.1 Å². The average molecular weight is 332 g/mol. The SMILES string of the molecule is CC(C)Cc1cc(CN2CCC(n3cc([C@H](C)O)nn3)CC2)[nH]n1. The number of nitrogens with zero attached hydrogens (tertiary/aromatic N) is 5. The van der Waals surface area contributed by atoms with E-state index in [-0.39, 0.29) is 0 Å². The van der Waals surface area contributed by atoms with Crippen LogP contribution in [0, 0.1) is 5.92 Å². The highest BCUT2D eigenvalue weighted by atomic mass is 16.3. The zero-order valence-corrected chi connectivity index (χ0v) is 14.8. The minimum Gasteiger partial charge on any atom is -0.387 e. The van der Waals surface area contributed by atoms with Crippen LogP contribution in [-0.4, -0.2) is 48.3 Å². The molecule has 0 bridgehead atoms. The molecule has 1 aliphatic heterocycles. The molecule has 1 fully saturated rings. The lowest BCUT2D eigenvalue weighted by molar-refractivity contribution is 0.170. The maximum atomic E-state index is 9.56. The summed E-state index contributed by atoms with van der Waals surface area (Å²) in [7, 11) is 0. The van der Waals surface area contributed by atoms with Crippen molar-refractivity contribution in [3.05, 3.63) is 29.3 Å². The molecule has 0 aromatic carbocycles. The van der Waals surface area contributed by atoms with Crippen LogP contribution < -0.4 is 0 Å². The maximum Gasteiger partial charge on any atom is 0.111 e. The lowest BCUT2D eigenvalue weighted by Crippen LogP contribution is -2.34. The van der Waals surface area contributed by atoms with Crippen molar-refractivity contribution in [3.8, 4) is 0 Å². The van der Waals surface area contributed by atoms with E-state index in [2.05, 4.69) is 45.3 Å². The van der Waals surface area contributed by atoms with Gasteiger partial charge in [-0.2, -0.15) is 5.10 Å². The Morgan fingerprint density at radius 3 is 2.67 bits per heavy atom. The van der Waals surface area contributed by atoms with E-state index in [0.29, 0.717) is 17.7 Å². The molecule has 24 heavy (non-hydrogen) atoms. The molecule has 0 aliphatic carbocycles. The quantitative estimate of drug-likeness (QED) is 0.846. The molecule has 132 valence electrons. The molecule has 1 atom stereocenters. The van der Waals surface area contributed by atoms with E-state index in [1.807, 2.05) is 10.9 Å². The second kappa shape index (κ2) is 7.44. The largest absolute Gasteiger partial charge is 0.387 e. The van der Waals surface area contributed by atoms with E-state index < -0.39 is 6.10 Å². The van der Waals surface area contributed by atoms with Gasteiger partial charge < -0.3 is 5.11 Å². The Labute approximate surface area is 143 Å². The number of aliphatic hydroxyl groups excluding tert-OH is 1. The topological polar surface area (TPSA) is 82.9 Å². The first kappa shape index (κ1) is 17.1. The number of aromatic nitrogens is 5. The van der Waals surface area contributed by atoms with Gasteiger partial charge in [0.25, 0.3) is 0 Å². The van der Waals surface area contributed by atoms with Gasteiger partial charge in [0.1, 0.15) is 5.69 Å². The molecule has 1 aliphatic rings. The average Bonchev–Trinajstić information content (AvgIpc) is 3.17. The molecule has 0 spiro atoms. The third-order valence-electron chi connectivity index (χ3n) is 4.58. The normalized spacial score (nSPS) is 18.4. The first-order valence-corrected chi connectivity index (χ1v) is 8.86. The third-order valence-corrected chi connectivity index (χ3v) is 4.58. The predicted molar refractivity (Wildman–Crippen MR) is 91.3 cm³/mol. The number of aliphatic hydroxyl groups is 1. The lowest BCUT2D eigenvalue weighted by Gasteiger charge is -2.31. The fraction of sp³-hybridized carbons (Fsp3) is 0.706. The van der Waals surface area contributed by atoms with Crippen molar-refractivity contribution in [3.63, 3.8) is 0 Å². The van der Waals surface area contributed by atoms with Crippen LogP contribution in [0.2, 0.25) is 0 Å². The van der Waals surface area contributed by atoms with E-state index in [4.69, 9.17) is 0 Å². The van der Waals surface area contributed by atoms with Crippen LogP contribution in [0.25, 0.3) is 0 Å². The van der Waals surface area contributed by atoms with Crippen LogP contribution in [0.5, 0.6) is 0 Å². The van der Waals surface area contributed by atoms with Crippen LogP contribution in [-0.2, 0) is 13.0 Å². The molecule has 0 unspecified atom stereocenters. The summed E-state index contributed by atoms with van der Waals surface area (Å²) in [6.45, 7) is 9.14. The highest BCUT2D eigenvalue weighted by Gasteiger charge is 2.22. The number of hydrogen-bond acceptors (Lipinski definition) is 5. The minimum atomic E-state index is -0.556. The first-order chi connectivity index (χ1) is 11.5. The number of rotatable bonds is 6. The van der Waals surface area contributed by atoms with Gasteiger partial charge in [-0.3, -0.25) is 10.00 Å². The van der Waals surface area contributed by atoms with Crippen molar-refractivity contribution in [2.45, 2.75) is 58.7 Å². The van der Waals surface area contributed by atoms with E-state index in [0.717, 1.165) is 44.6 Å². The highest BCUT2D eigenvalue weighted by molar-refractivity contribution is 5.09. The zero-order chi connectivity index (χ0) is 17.1. The highest BCUT2D eigenvalue weighted by Crippen LogP contribution is 2.23. The standard InChI is InChI=1S/C17H28N6O/c1-12(2)8-14-9-15(19-18-14)10-22-6-4-16(5-7-22)23-11-17(13(3)24)20-21-23/h9,11-13,16,24H,4-8,10H2,1-3H3,(H,18,19)/t13-/m0/s1. The van der Waals surface area contributed by atoms with Crippen LogP contribution in [0.1, 0.15) is 62.8 Å². The van der Waals surface area contributed by atoms with E-state index in [9.17, 15) is 5.11 Å². The van der Waals surface area contributed by atoms with Crippen molar-refractivity contribution in [2.24, 2.45) is 5.92 Å². The smallest absolute Gasteiger partial charge is 0.111 e. The number of likely N-dealkylation sites (tertiary alicyclic amines) is 1. The molecule has 2 aromatic rings. The lowest BCUT2D eigenvalue weighted by atomic mass is 10.0. The van der Waals surface area contributed by atoms with Gasteiger partial charge in [-0.1, -0.05) is 19.1 Å². The van der Waals surface area contributed by atoms with Crippen molar-refractivity contribution < 1.29 is 5.11 Å². The molecule has 2 aromatic heterocycles. The summed E-state index contributed by atoms with van der Waals surface area (Å²) in [6, 6.07) is 2.57. The minimum absolute atomic E-state index is 0.375. The summed E-state index contributed by atoms with van der Waals surface area (Å²) in [4.78, 5) is 2.45. The molecule has 0 saturated carbocycles. The van der Waals surface area contributed by atoms with Crippen LogP contribution in [0.15, 0.2) is 12.3 Å². The first-order valence-electron chi connectivity index (χ1n) is 8.86. The summed E-state index contributed by atoms with van der Waals surface area (Å²) in [5.41, 5.74) is 3.00. The number of H-pyrrole nitrogens is 1. The second-order valence-electron chi connectivity index (χ2n) is 7.29. The Balaban J connectivity index is 1.50. The fourth-order valence-corrected chi connectivity index (χ4v) is 3.26. The van der Waals surface area contributed by atoms with Crippen LogP contribution >= 0.6 is 0 Å². The molecular weight excluding hydrogens is 304 g/mol. The Hall–Kier alpha value is -1.73. The molecule has 3 heterocycles. The predicted octanol–water partition coefficient (Wildman–Crippen LogP) is 2.09. The Morgan fingerprint density at radius 1 is 1.29 bits per heavy atom. The van der Waals surface area contributed by atoms with Crippen LogP contribution in [0.4, 0.5) is 0 Å². The monoisotopic (exact) mass is 332 g/mol. The molecule has 7 heteroatoms. The van der Waals surface area contributed by atoms with Crippen molar-refractivity contribution in [2.75, 3.05) is 13.1 Å². The molecule has 1 saturated heterocycles. The van der Waals surface area contributed by atoms with E-state index >= 15 is 0 Å². The second-order valence-corrected chi connectivity index (χ2v) is 7.29. The van der Waals surface area contributed by atoms with Gasteiger partial charge in [-0.15, -0.1) is 5.10 Å². The molecular formula is C17H28N6O. The molecule has 0 amide bonds.